The van der Waals surface area contributed by atoms with Gasteiger partial charge in [0.2, 0.25) is 5.95 Å². The fourth-order valence-corrected chi connectivity index (χ4v) is 2.12. The van der Waals surface area contributed by atoms with Gasteiger partial charge < -0.3 is 10.4 Å². The summed E-state index contributed by atoms with van der Waals surface area (Å²) >= 11 is 0. The molecule has 0 unspecified atom stereocenters. The second kappa shape index (κ2) is 4.33. The predicted octanol–water partition coefficient (Wildman–Crippen LogP) is 1.21. The maximum Gasteiger partial charge on any atom is 0.243 e. The smallest absolute Gasteiger partial charge is 0.243 e. The molecule has 88 valence electrons. The molecule has 1 aromatic heterocycles. The number of rotatable bonds is 3. The Morgan fingerprint density at radius 2 is 1.88 bits per heavy atom. The Morgan fingerprint density at radius 3 is 2.44 bits per heavy atom. The van der Waals surface area contributed by atoms with Crippen molar-refractivity contribution in [2.45, 2.75) is 45.1 Å². The van der Waals surface area contributed by atoms with E-state index in [1.807, 2.05) is 13.8 Å². The average molecular weight is 222 g/mol. The van der Waals surface area contributed by atoms with Crippen LogP contribution in [-0.4, -0.2) is 32.4 Å². The molecule has 1 heterocycles. The zero-order chi connectivity index (χ0) is 11.6. The highest BCUT2D eigenvalue weighted by Gasteiger charge is 2.33. The van der Waals surface area contributed by atoms with Crippen molar-refractivity contribution in [3.05, 3.63) is 11.4 Å². The fourth-order valence-electron chi connectivity index (χ4n) is 2.12. The normalized spacial score (nSPS) is 18.7. The van der Waals surface area contributed by atoms with Crippen molar-refractivity contribution in [2.24, 2.45) is 0 Å². The van der Waals surface area contributed by atoms with Crippen LogP contribution in [-0.2, 0) is 0 Å². The Balaban J connectivity index is 2.16. The summed E-state index contributed by atoms with van der Waals surface area (Å²) in [6, 6.07) is 0. The summed E-state index contributed by atoms with van der Waals surface area (Å²) in [4.78, 5) is 4.33. The molecule has 1 aliphatic rings. The van der Waals surface area contributed by atoms with Gasteiger partial charge in [-0.3, -0.25) is 0 Å². The lowest BCUT2D eigenvalue weighted by atomic mass is 9.99. The van der Waals surface area contributed by atoms with Crippen LogP contribution >= 0.6 is 0 Å². The molecule has 5 heteroatoms. The van der Waals surface area contributed by atoms with Gasteiger partial charge in [0.05, 0.1) is 23.5 Å². The molecule has 2 rings (SSSR count). The summed E-state index contributed by atoms with van der Waals surface area (Å²) in [6.07, 6.45) is 4.23. The minimum Gasteiger partial charge on any atom is -0.394 e. The monoisotopic (exact) mass is 222 g/mol. The predicted molar refractivity (Wildman–Crippen MR) is 61.2 cm³/mol. The molecule has 1 saturated carbocycles. The van der Waals surface area contributed by atoms with Gasteiger partial charge in [0.1, 0.15) is 0 Å². The van der Waals surface area contributed by atoms with E-state index in [0.29, 0.717) is 5.95 Å². The number of nitrogens with zero attached hydrogens (tertiary/aromatic N) is 3. The van der Waals surface area contributed by atoms with E-state index in [9.17, 15) is 5.11 Å². The summed E-state index contributed by atoms with van der Waals surface area (Å²) in [5.41, 5.74) is 1.49. The summed E-state index contributed by atoms with van der Waals surface area (Å²) in [7, 11) is 0. The van der Waals surface area contributed by atoms with Crippen molar-refractivity contribution in [1.29, 1.82) is 0 Å². The molecule has 1 aliphatic carbocycles. The Morgan fingerprint density at radius 1 is 1.19 bits per heavy atom. The Labute approximate surface area is 95.3 Å². The third kappa shape index (κ3) is 2.14. The zero-order valence-corrected chi connectivity index (χ0v) is 9.82. The third-order valence-corrected chi connectivity index (χ3v) is 3.33. The van der Waals surface area contributed by atoms with Crippen molar-refractivity contribution < 1.29 is 5.11 Å². The van der Waals surface area contributed by atoms with Crippen molar-refractivity contribution in [2.75, 3.05) is 11.9 Å². The van der Waals surface area contributed by atoms with Crippen LogP contribution < -0.4 is 5.32 Å². The summed E-state index contributed by atoms with van der Waals surface area (Å²) in [5.74, 6) is 0.527. The van der Waals surface area contributed by atoms with Gasteiger partial charge in [-0.15, -0.1) is 5.10 Å². The maximum absolute atomic E-state index is 9.46. The lowest BCUT2D eigenvalue weighted by Crippen LogP contribution is -2.39. The second-order valence-electron chi connectivity index (χ2n) is 4.58. The van der Waals surface area contributed by atoms with Crippen LogP contribution in [0.5, 0.6) is 0 Å². The Kier molecular flexibility index (Phi) is 3.05. The van der Waals surface area contributed by atoms with Crippen molar-refractivity contribution >= 4 is 5.95 Å². The summed E-state index contributed by atoms with van der Waals surface area (Å²) in [6.45, 7) is 3.93. The van der Waals surface area contributed by atoms with E-state index in [1.165, 1.54) is 0 Å². The highest BCUT2D eigenvalue weighted by atomic mass is 16.3. The van der Waals surface area contributed by atoms with Gasteiger partial charge in [-0.1, -0.05) is 12.8 Å². The number of aromatic nitrogens is 3. The molecular weight excluding hydrogens is 204 g/mol. The number of hydrogen-bond acceptors (Lipinski definition) is 5. The summed E-state index contributed by atoms with van der Waals surface area (Å²) < 4.78 is 0. The van der Waals surface area contributed by atoms with E-state index in [4.69, 9.17) is 0 Å². The number of nitrogens with one attached hydrogen (secondary N) is 1. The van der Waals surface area contributed by atoms with Crippen LogP contribution in [0.15, 0.2) is 0 Å². The minimum absolute atomic E-state index is 0.128. The number of hydrogen-bond donors (Lipinski definition) is 2. The van der Waals surface area contributed by atoms with E-state index in [0.717, 1.165) is 37.1 Å². The van der Waals surface area contributed by atoms with E-state index in [2.05, 4.69) is 20.5 Å². The first-order valence-electron chi connectivity index (χ1n) is 5.72. The quantitative estimate of drug-likeness (QED) is 0.804. The van der Waals surface area contributed by atoms with Crippen molar-refractivity contribution in [1.82, 2.24) is 15.2 Å². The lowest BCUT2D eigenvalue weighted by molar-refractivity contribution is 0.213. The lowest BCUT2D eigenvalue weighted by Gasteiger charge is -2.27. The van der Waals surface area contributed by atoms with Gasteiger partial charge in [-0.05, 0) is 26.7 Å². The first-order valence-corrected chi connectivity index (χ1v) is 5.72. The molecule has 16 heavy (non-hydrogen) atoms. The van der Waals surface area contributed by atoms with E-state index < -0.39 is 0 Å². The molecule has 1 fully saturated rings. The van der Waals surface area contributed by atoms with Gasteiger partial charge in [0, 0.05) is 0 Å². The first kappa shape index (κ1) is 11.3. The molecule has 5 nitrogen and oxygen atoms in total. The molecule has 2 N–H and O–H groups in total. The molecule has 0 aromatic carbocycles. The van der Waals surface area contributed by atoms with E-state index in [-0.39, 0.29) is 12.1 Å². The highest BCUT2D eigenvalue weighted by Crippen LogP contribution is 2.31. The molecule has 0 radical (unpaired) electrons. The molecule has 0 aliphatic heterocycles. The van der Waals surface area contributed by atoms with Crippen LogP contribution in [0.25, 0.3) is 0 Å². The van der Waals surface area contributed by atoms with E-state index in [1.54, 1.807) is 0 Å². The van der Waals surface area contributed by atoms with Gasteiger partial charge in [0.15, 0.2) is 0 Å². The fraction of sp³-hybridized carbons (Fsp3) is 0.727. The molecule has 0 spiro atoms. The largest absolute Gasteiger partial charge is 0.394 e. The third-order valence-electron chi connectivity index (χ3n) is 3.33. The van der Waals surface area contributed by atoms with Crippen molar-refractivity contribution in [3.8, 4) is 0 Å². The number of anilines is 1. The second-order valence-corrected chi connectivity index (χ2v) is 4.58. The van der Waals surface area contributed by atoms with Gasteiger partial charge in [-0.25, -0.2) is 4.98 Å². The molecule has 0 bridgehead atoms. The SMILES string of the molecule is Cc1nnc(NC2(CO)CCCC2)nc1C. The first-order chi connectivity index (χ1) is 7.65. The number of aliphatic hydroxyl groups excluding tert-OH is 1. The number of aliphatic hydroxyl groups is 1. The highest BCUT2D eigenvalue weighted by molar-refractivity contribution is 5.30. The Hall–Kier alpha value is -1.23. The van der Waals surface area contributed by atoms with Gasteiger partial charge in [0.25, 0.3) is 0 Å². The summed E-state index contributed by atoms with van der Waals surface area (Å²) in [5, 5.41) is 20.7. The maximum atomic E-state index is 9.46. The average Bonchev–Trinajstić information content (AvgIpc) is 2.73. The van der Waals surface area contributed by atoms with Crippen LogP contribution in [0, 0.1) is 13.8 Å². The molecule has 0 amide bonds. The van der Waals surface area contributed by atoms with Crippen molar-refractivity contribution in [3.63, 3.8) is 0 Å². The van der Waals surface area contributed by atoms with Crippen LogP contribution in [0.1, 0.15) is 37.1 Å². The van der Waals surface area contributed by atoms with Gasteiger partial charge in [-0.2, -0.15) is 5.10 Å². The minimum atomic E-state index is -0.233. The molecular formula is C11H18N4O. The van der Waals surface area contributed by atoms with E-state index >= 15 is 0 Å². The standard InChI is InChI=1S/C11H18N4O/c1-8-9(2)14-15-10(12-8)13-11(7-16)5-3-4-6-11/h16H,3-7H2,1-2H3,(H,12,13,15). The van der Waals surface area contributed by atoms with Crippen LogP contribution in [0.3, 0.4) is 0 Å². The zero-order valence-electron chi connectivity index (χ0n) is 9.82. The van der Waals surface area contributed by atoms with Crippen LogP contribution in [0.2, 0.25) is 0 Å². The molecule has 0 atom stereocenters. The molecule has 1 aromatic rings. The van der Waals surface area contributed by atoms with Crippen LogP contribution in [0.4, 0.5) is 5.95 Å². The topological polar surface area (TPSA) is 70.9 Å². The Bertz CT molecular complexity index is 374. The number of aryl methyl sites for hydroxylation is 2. The molecule has 0 saturated heterocycles. The van der Waals surface area contributed by atoms with Gasteiger partial charge >= 0.3 is 0 Å².